The second-order valence-electron chi connectivity index (χ2n) is 5.45. The number of halogens is 2. The molecule has 25 heavy (non-hydrogen) atoms. The summed E-state index contributed by atoms with van der Waals surface area (Å²) in [5, 5.41) is 4.13. The SMILES string of the molecule is Clc1ccc(-c2csc(-c3cnccc3-c3ccccc3)n2)c(Cl)c1. The van der Waals surface area contributed by atoms with E-state index in [-0.39, 0.29) is 0 Å². The van der Waals surface area contributed by atoms with Gasteiger partial charge in [-0.1, -0.05) is 53.5 Å². The monoisotopic (exact) mass is 382 g/mol. The van der Waals surface area contributed by atoms with Crippen LogP contribution in [0.3, 0.4) is 0 Å². The minimum Gasteiger partial charge on any atom is -0.264 e. The Labute approximate surface area is 159 Å². The molecule has 0 N–H and O–H groups in total. The van der Waals surface area contributed by atoms with Crippen molar-refractivity contribution in [2.45, 2.75) is 0 Å². The van der Waals surface area contributed by atoms with Crippen LogP contribution in [0.1, 0.15) is 0 Å². The van der Waals surface area contributed by atoms with Crippen LogP contribution in [0.25, 0.3) is 33.0 Å². The largest absolute Gasteiger partial charge is 0.264 e. The highest BCUT2D eigenvalue weighted by Gasteiger charge is 2.13. The van der Waals surface area contributed by atoms with Crippen molar-refractivity contribution in [3.8, 4) is 33.0 Å². The number of pyridine rings is 1. The molecular formula is C20H12Cl2N2S. The van der Waals surface area contributed by atoms with Crippen LogP contribution < -0.4 is 0 Å². The van der Waals surface area contributed by atoms with Crippen molar-refractivity contribution in [1.82, 2.24) is 9.97 Å². The molecule has 0 bridgehead atoms. The quantitative estimate of drug-likeness (QED) is 0.387. The lowest BCUT2D eigenvalue weighted by Gasteiger charge is -2.06. The van der Waals surface area contributed by atoms with Crippen molar-refractivity contribution >= 4 is 34.5 Å². The van der Waals surface area contributed by atoms with Gasteiger partial charge in [-0.3, -0.25) is 4.98 Å². The molecule has 2 aromatic carbocycles. The zero-order chi connectivity index (χ0) is 17.2. The van der Waals surface area contributed by atoms with Crippen molar-refractivity contribution in [3.05, 3.63) is 82.4 Å². The van der Waals surface area contributed by atoms with Gasteiger partial charge in [-0.2, -0.15) is 0 Å². The lowest BCUT2D eigenvalue weighted by molar-refractivity contribution is 1.31. The van der Waals surface area contributed by atoms with E-state index in [4.69, 9.17) is 28.2 Å². The van der Waals surface area contributed by atoms with Gasteiger partial charge in [0.1, 0.15) is 5.01 Å². The van der Waals surface area contributed by atoms with Gasteiger partial charge < -0.3 is 0 Å². The molecule has 0 aliphatic heterocycles. The van der Waals surface area contributed by atoms with Gasteiger partial charge in [0.2, 0.25) is 0 Å². The van der Waals surface area contributed by atoms with Crippen LogP contribution >= 0.6 is 34.5 Å². The summed E-state index contributed by atoms with van der Waals surface area (Å²) >= 11 is 13.9. The zero-order valence-electron chi connectivity index (χ0n) is 13.0. The van der Waals surface area contributed by atoms with Crippen LogP contribution in [0.5, 0.6) is 0 Å². The summed E-state index contributed by atoms with van der Waals surface area (Å²) in [5.74, 6) is 0. The van der Waals surface area contributed by atoms with E-state index >= 15 is 0 Å². The predicted molar refractivity (Wildman–Crippen MR) is 106 cm³/mol. The fraction of sp³-hybridized carbons (Fsp3) is 0. The van der Waals surface area contributed by atoms with Crippen molar-refractivity contribution in [3.63, 3.8) is 0 Å². The van der Waals surface area contributed by atoms with Gasteiger partial charge in [0.15, 0.2) is 0 Å². The summed E-state index contributed by atoms with van der Waals surface area (Å²) < 4.78 is 0. The molecule has 4 rings (SSSR count). The smallest absolute Gasteiger partial charge is 0.126 e. The third-order valence-electron chi connectivity index (χ3n) is 3.85. The first-order valence-electron chi connectivity index (χ1n) is 7.63. The van der Waals surface area contributed by atoms with E-state index in [9.17, 15) is 0 Å². The second-order valence-corrected chi connectivity index (χ2v) is 7.15. The van der Waals surface area contributed by atoms with Crippen LogP contribution in [-0.4, -0.2) is 9.97 Å². The molecule has 0 spiro atoms. The third kappa shape index (κ3) is 3.31. The molecule has 0 atom stereocenters. The highest BCUT2D eigenvalue weighted by Crippen LogP contribution is 2.37. The number of benzene rings is 2. The molecule has 0 unspecified atom stereocenters. The average molecular weight is 383 g/mol. The van der Waals surface area contributed by atoms with Crippen molar-refractivity contribution in [1.29, 1.82) is 0 Å². The maximum absolute atomic E-state index is 6.31. The maximum Gasteiger partial charge on any atom is 0.126 e. The molecule has 0 aliphatic carbocycles. The Morgan fingerprint density at radius 3 is 2.48 bits per heavy atom. The lowest BCUT2D eigenvalue weighted by Crippen LogP contribution is -1.87. The van der Waals surface area contributed by atoms with Crippen molar-refractivity contribution in [2.24, 2.45) is 0 Å². The van der Waals surface area contributed by atoms with Crippen LogP contribution in [0.4, 0.5) is 0 Å². The number of aromatic nitrogens is 2. The Balaban J connectivity index is 1.79. The van der Waals surface area contributed by atoms with Gasteiger partial charge in [-0.25, -0.2) is 4.98 Å². The molecule has 0 aliphatic rings. The summed E-state index contributed by atoms with van der Waals surface area (Å²) in [4.78, 5) is 9.06. The molecule has 2 heterocycles. The molecule has 0 saturated carbocycles. The van der Waals surface area contributed by atoms with Crippen LogP contribution in [0.15, 0.2) is 72.4 Å². The maximum atomic E-state index is 6.31. The summed E-state index contributed by atoms with van der Waals surface area (Å²) in [5.41, 5.74) is 4.97. The Bertz CT molecular complexity index is 1030. The van der Waals surface area contributed by atoms with E-state index in [0.29, 0.717) is 10.0 Å². The van der Waals surface area contributed by atoms with Gasteiger partial charge in [0.25, 0.3) is 0 Å². The fourth-order valence-electron chi connectivity index (χ4n) is 2.65. The van der Waals surface area contributed by atoms with Gasteiger partial charge in [0, 0.05) is 33.9 Å². The molecule has 2 aromatic heterocycles. The fourth-order valence-corrected chi connectivity index (χ4v) is 4.00. The van der Waals surface area contributed by atoms with Crippen LogP contribution in [0.2, 0.25) is 10.0 Å². The topological polar surface area (TPSA) is 25.8 Å². The standard InChI is InChI=1S/C20H12Cl2N2S/c21-14-6-7-16(18(22)10-14)19-12-25-20(24-19)17-11-23-9-8-15(17)13-4-2-1-3-5-13/h1-12H. The first kappa shape index (κ1) is 16.3. The summed E-state index contributed by atoms with van der Waals surface area (Å²) in [7, 11) is 0. The van der Waals surface area contributed by atoms with Crippen molar-refractivity contribution in [2.75, 3.05) is 0 Å². The highest BCUT2D eigenvalue weighted by atomic mass is 35.5. The van der Waals surface area contributed by atoms with Gasteiger partial charge in [-0.15, -0.1) is 11.3 Å². The predicted octanol–water partition coefficient (Wildman–Crippen LogP) is 6.85. The Morgan fingerprint density at radius 2 is 1.68 bits per heavy atom. The normalized spacial score (nSPS) is 10.8. The summed E-state index contributed by atoms with van der Waals surface area (Å²) in [6, 6.07) is 17.7. The summed E-state index contributed by atoms with van der Waals surface area (Å²) in [6.45, 7) is 0. The zero-order valence-corrected chi connectivity index (χ0v) is 15.3. The third-order valence-corrected chi connectivity index (χ3v) is 5.27. The molecule has 0 fully saturated rings. The van der Waals surface area contributed by atoms with E-state index in [1.807, 2.05) is 48.0 Å². The first-order chi connectivity index (χ1) is 12.2. The number of hydrogen-bond acceptors (Lipinski definition) is 3. The number of rotatable bonds is 3. The molecule has 4 aromatic rings. The highest BCUT2D eigenvalue weighted by molar-refractivity contribution is 7.13. The molecule has 2 nitrogen and oxygen atoms in total. The van der Waals surface area contributed by atoms with E-state index < -0.39 is 0 Å². The van der Waals surface area contributed by atoms with E-state index in [1.54, 1.807) is 23.6 Å². The van der Waals surface area contributed by atoms with Gasteiger partial charge >= 0.3 is 0 Å². The van der Waals surface area contributed by atoms with Gasteiger partial charge in [0.05, 0.1) is 10.7 Å². The summed E-state index contributed by atoms with van der Waals surface area (Å²) in [6.07, 6.45) is 3.66. The number of thiazole rings is 1. The van der Waals surface area contributed by atoms with E-state index in [1.165, 1.54) is 0 Å². The number of nitrogens with zero attached hydrogens (tertiary/aromatic N) is 2. The number of hydrogen-bond donors (Lipinski definition) is 0. The van der Waals surface area contributed by atoms with Crippen molar-refractivity contribution < 1.29 is 0 Å². The minimum absolute atomic E-state index is 0.596. The molecule has 122 valence electrons. The van der Waals surface area contributed by atoms with E-state index in [0.717, 1.165) is 33.0 Å². The second kappa shape index (κ2) is 6.96. The molecule has 0 saturated heterocycles. The van der Waals surface area contributed by atoms with Crippen LogP contribution in [-0.2, 0) is 0 Å². The first-order valence-corrected chi connectivity index (χ1v) is 9.27. The molecule has 0 amide bonds. The lowest BCUT2D eigenvalue weighted by atomic mass is 10.0. The average Bonchev–Trinajstić information content (AvgIpc) is 3.12. The minimum atomic E-state index is 0.596. The van der Waals surface area contributed by atoms with Crippen LogP contribution in [0, 0.1) is 0 Å². The van der Waals surface area contributed by atoms with E-state index in [2.05, 4.69) is 17.1 Å². The Morgan fingerprint density at radius 1 is 0.840 bits per heavy atom. The molecule has 5 heteroatoms. The molecule has 0 radical (unpaired) electrons. The Hall–Kier alpha value is -2.20. The Kier molecular flexibility index (Phi) is 4.53. The molecular weight excluding hydrogens is 371 g/mol. The van der Waals surface area contributed by atoms with Gasteiger partial charge in [-0.05, 0) is 35.4 Å².